The highest BCUT2D eigenvalue weighted by Gasteiger charge is 2.18. The molecule has 140 valence electrons. The normalized spacial score (nSPS) is 11.9. The minimum absolute atomic E-state index is 0.153. The molecule has 2 aromatic heterocycles. The standard InChI is InChI=1S/C21H16ClN3O2S/c1-25-20(22)15(19(24-25)13-7-3-2-4-8-13)11-14(12-18(26)27)21-23-16-9-5-6-10-17(16)28-21/h2-11H,12H2,1H3,(H,26,27)/b14-11+. The summed E-state index contributed by atoms with van der Waals surface area (Å²) >= 11 is 7.97. The fraction of sp³-hybridized carbons (Fsp3) is 0.0952. The molecule has 4 aromatic rings. The van der Waals surface area contributed by atoms with Gasteiger partial charge in [0.1, 0.15) is 15.9 Å². The zero-order valence-electron chi connectivity index (χ0n) is 15.0. The fourth-order valence-corrected chi connectivity index (χ4v) is 4.15. The average Bonchev–Trinajstić information content (AvgIpc) is 3.24. The van der Waals surface area contributed by atoms with Crippen LogP contribution in [0.2, 0.25) is 5.15 Å². The van der Waals surface area contributed by atoms with Gasteiger partial charge >= 0.3 is 5.97 Å². The number of fused-ring (bicyclic) bond motifs is 1. The topological polar surface area (TPSA) is 68.0 Å². The molecular weight excluding hydrogens is 394 g/mol. The number of aryl methyl sites for hydroxylation is 1. The van der Waals surface area contributed by atoms with Gasteiger partial charge < -0.3 is 5.11 Å². The van der Waals surface area contributed by atoms with E-state index in [1.54, 1.807) is 17.8 Å². The number of carboxylic acid groups (broad SMARTS) is 1. The smallest absolute Gasteiger partial charge is 0.307 e. The Morgan fingerprint density at radius 2 is 1.89 bits per heavy atom. The van der Waals surface area contributed by atoms with Crippen molar-refractivity contribution in [3.8, 4) is 11.3 Å². The summed E-state index contributed by atoms with van der Waals surface area (Å²) in [4.78, 5) is 16.1. The molecule has 0 aliphatic heterocycles. The second kappa shape index (κ2) is 7.58. The van der Waals surface area contributed by atoms with Gasteiger partial charge in [-0.3, -0.25) is 9.48 Å². The molecule has 7 heteroatoms. The van der Waals surface area contributed by atoms with E-state index in [1.165, 1.54) is 11.3 Å². The first-order valence-corrected chi connectivity index (χ1v) is 9.78. The van der Waals surface area contributed by atoms with Crippen molar-refractivity contribution < 1.29 is 9.90 Å². The molecule has 0 fully saturated rings. The molecule has 2 heterocycles. The second-order valence-corrected chi connectivity index (χ2v) is 7.66. The highest BCUT2D eigenvalue weighted by atomic mass is 35.5. The number of nitrogens with zero attached hydrogens (tertiary/aromatic N) is 3. The Labute approximate surface area is 170 Å². The van der Waals surface area contributed by atoms with Crippen molar-refractivity contribution in [3.63, 3.8) is 0 Å². The minimum Gasteiger partial charge on any atom is -0.481 e. The number of aliphatic carboxylic acids is 1. The lowest BCUT2D eigenvalue weighted by Crippen LogP contribution is -1.97. The Morgan fingerprint density at radius 3 is 2.61 bits per heavy atom. The van der Waals surface area contributed by atoms with Gasteiger partial charge in [-0.2, -0.15) is 5.10 Å². The molecule has 28 heavy (non-hydrogen) atoms. The lowest BCUT2D eigenvalue weighted by Gasteiger charge is -2.03. The third-order valence-electron chi connectivity index (χ3n) is 4.29. The first kappa shape index (κ1) is 18.4. The summed E-state index contributed by atoms with van der Waals surface area (Å²) in [5.74, 6) is -0.924. The summed E-state index contributed by atoms with van der Waals surface area (Å²) in [5.41, 5.74) is 3.75. The summed E-state index contributed by atoms with van der Waals surface area (Å²) in [6.45, 7) is 0. The van der Waals surface area contributed by atoms with Gasteiger partial charge in [-0.25, -0.2) is 4.98 Å². The summed E-state index contributed by atoms with van der Waals surface area (Å²) in [7, 11) is 1.76. The van der Waals surface area contributed by atoms with Crippen molar-refractivity contribution in [2.24, 2.45) is 7.05 Å². The summed E-state index contributed by atoms with van der Waals surface area (Å²) in [6.07, 6.45) is 1.64. The van der Waals surface area contributed by atoms with Gasteiger partial charge in [0.15, 0.2) is 0 Å². The van der Waals surface area contributed by atoms with E-state index < -0.39 is 5.97 Å². The quantitative estimate of drug-likeness (QED) is 0.481. The number of carboxylic acids is 1. The van der Waals surface area contributed by atoms with Crippen LogP contribution in [-0.4, -0.2) is 25.8 Å². The summed E-state index contributed by atoms with van der Waals surface area (Å²) in [5, 5.41) is 15.1. The maximum atomic E-state index is 11.5. The molecule has 4 rings (SSSR count). The third-order valence-corrected chi connectivity index (χ3v) is 5.85. The van der Waals surface area contributed by atoms with Crippen LogP contribution < -0.4 is 0 Å². The number of hydrogen-bond acceptors (Lipinski definition) is 4. The minimum atomic E-state index is -0.924. The summed E-state index contributed by atoms with van der Waals surface area (Å²) < 4.78 is 2.60. The molecular formula is C21H16ClN3O2S. The van der Waals surface area contributed by atoms with Gasteiger partial charge in [0.2, 0.25) is 0 Å². The van der Waals surface area contributed by atoms with Crippen LogP contribution in [0, 0.1) is 0 Å². The number of rotatable bonds is 5. The Bertz CT molecular complexity index is 1160. The maximum absolute atomic E-state index is 11.5. The van der Waals surface area contributed by atoms with Gasteiger partial charge in [-0.05, 0) is 23.8 Å². The van der Waals surface area contributed by atoms with Crippen LogP contribution in [0.1, 0.15) is 17.0 Å². The monoisotopic (exact) mass is 409 g/mol. The number of hydrogen-bond donors (Lipinski definition) is 1. The lowest BCUT2D eigenvalue weighted by molar-refractivity contribution is -0.135. The molecule has 0 amide bonds. The zero-order chi connectivity index (χ0) is 19.7. The second-order valence-electron chi connectivity index (χ2n) is 6.27. The van der Waals surface area contributed by atoms with E-state index in [0.717, 1.165) is 15.8 Å². The summed E-state index contributed by atoms with van der Waals surface area (Å²) in [6, 6.07) is 17.4. The third kappa shape index (κ3) is 3.56. The molecule has 0 unspecified atom stereocenters. The van der Waals surface area contributed by atoms with Crippen LogP contribution in [0.5, 0.6) is 0 Å². The van der Waals surface area contributed by atoms with Gasteiger partial charge in [0.05, 0.1) is 16.6 Å². The van der Waals surface area contributed by atoms with Crippen LogP contribution in [0.4, 0.5) is 0 Å². The molecule has 0 atom stereocenters. The number of halogens is 1. The number of benzene rings is 2. The molecule has 0 spiro atoms. The molecule has 0 saturated carbocycles. The van der Waals surface area contributed by atoms with Gasteiger partial charge in [0, 0.05) is 18.2 Å². The van der Waals surface area contributed by atoms with Crippen molar-refractivity contribution in [1.82, 2.24) is 14.8 Å². The van der Waals surface area contributed by atoms with Crippen molar-refractivity contribution in [2.45, 2.75) is 6.42 Å². The molecule has 1 N–H and O–H groups in total. The number of thiazole rings is 1. The Hall–Kier alpha value is -2.96. The van der Waals surface area contributed by atoms with Crippen LogP contribution in [-0.2, 0) is 11.8 Å². The number of para-hydroxylation sites is 1. The highest BCUT2D eigenvalue weighted by Crippen LogP contribution is 2.35. The molecule has 0 saturated heterocycles. The average molecular weight is 410 g/mol. The van der Waals surface area contributed by atoms with Crippen LogP contribution in [0.15, 0.2) is 54.6 Å². The van der Waals surface area contributed by atoms with Crippen LogP contribution >= 0.6 is 22.9 Å². The zero-order valence-corrected chi connectivity index (χ0v) is 16.5. The Morgan fingerprint density at radius 1 is 1.18 bits per heavy atom. The molecule has 0 radical (unpaired) electrons. The van der Waals surface area contributed by atoms with Crippen molar-refractivity contribution in [1.29, 1.82) is 0 Å². The van der Waals surface area contributed by atoms with E-state index in [2.05, 4.69) is 10.1 Å². The first-order valence-electron chi connectivity index (χ1n) is 8.59. The van der Waals surface area contributed by atoms with Gasteiger partial charge in [-0.1, -0.05) is 54.1 Å². The van der Waals surface area contributed by atoms with Crippen molar-refractivity contribution in [2.75, 3.05) is 0 Å². The van der Waals surface area contributed by atoms with Gasteiger partial charge in [0.25, 0.3) is 0 Å². The van der Waals surface area contributed by atoms with Gasteiger partial charge in [-0.15, -0.1) is 11.3 Å². The predicted molar refractivity (Wildman–Crippen MR) is 113 cm³/mol. The van der Waals surface area contributed by atoms with Crippen LogP contribution in [0.3, 0.4) is 0 Å². The molecule has 2 aromatic carbocycles. The van der Waals surface area contributed by atoms with Crippen LogP contribution in [0.25, 0.3) is 33.1 Å². The fourth-order valence-electron chi connectivity index (χ4n) is 2.99. The van der Waals surface area contributed by atoms with Crippen molar-refractivity contribution in [3.05, 3.63) is 70.3 Å². The molecule has 0 bridgehead atoms. The van der Waals surface area contributed by atoms with E-state index in [0.29, 0.717) is 27.0 Å². The Kier molecular flexibility index (Phi) is 4.98. The molecule has 0 aliphatic carbocycles. The predicted octanol–water partition coefficient (Wildman–Crippen LogP) is 5.37. The van der Waals surface area contributed by atoms with E-state index in [-0.39, 0.29) is 6.42 Å². The van der Waals surface area contributed by atoms with E-state index in [4.69, 9.17) is 11.6 Å². The highest BCUT2D eigenvalue weighted by molar-refractivity contribution is 7.19. The SMILES string of the molecule is Cn1nc(-c2ccccc2)c(/C=C(\CC(=O)O)c2nc3ccccc3s2)c1Cl. The van der Waals surface area contributed by atoms with E-state index in [1.807, 2.05) is 54.6 Å². The first-order chi connectivity index (χ1) is 13.5. The van der Waals surface area contributed by atoms with E-state index >= 15 is 0 Å². The van der Waals surface area contributed by atoms with Crippen molar-refractivity contribution >= 4 is 50.8 Å². The largest absolute Gasteiger partial charge is 0.481 e. The lowest BCUT2D eigenvalue weighted by atomic mass is 10.0. The molecule has 5 nitrogen and oxygen atoms in total. The number of carbonyl (C=O) groups is 1. The maximum Gasteiger partial charge on any atom is 0.307 e. The molecule has 0 aliphatic rings. The van der Waals surface area contributed by atoms with E-state index in [9.17, 15) is 9.90 Å². The Balaban J connectivity index is 1.89. The number of aromatic nitrogens is 3.